The summed E-state index contributed by atoms with van der Waals surface area (Å²) in [5.41, 5.74) is 3.89. The van der Waals surface area contributed by atoms with Crippen LogP contribution < -0.4 is 0 Å². The summed E-state index contributed by atoms with van der Waals surface area (Å²) in [5, 5.41) is 9.90. The average molecular weight is 331 g/mol. The van der Waals surface area contributed by atoms with Crippen LogP contribution >= 0.6 is 15.9 Å². The molecule has 0 saturated carbocycles. The number of aryl methyl sites for hydroxylation is 1. The number of fused-ring (bicyclic) bond motifs is 1. The van der Waals surface area contributed by atoms with Gasteiger partial charge >= 0.3 is 0 Å². The number of hydrogen-bond acceptors (Lipinski definition) is 2. The highest BCUT2D eigenvalue weighted by Gasteiger charge is 2.14. The Kier molecular flexibility index (Phi) is 3.26. The smallest absolute Gasteiger partial charge is 0.141 e. The van der Waals surface area contributed by atoms with Gasteiger partial charge in [0.1, 0.15) is 11.6 Å². The predicted octanol–water partition coefficient (Wildman–Crippen LogP) is 4.50. The molecule has 0 bridgehead atoms. The monoisotopic (exact) mass is 330 g/mol. The Morgan fingerprint density at radius 2 is 2.05 bits per heavy atom. The van der Waals surface area contributed by atoms with Crippen LogP contribution in [0, 0.1) is 6.92 Å². The average Bonchev–Trinajstić information content (AvgIpc) is 2.79. The zero-order valence-corrected chi connectivity index (χ0v) is 13.0. The number of benzene rings is 2. The molecule has 3 aromatic rings. The zero-order chi connectivity index (χ0) is 14.3. The van der Waals surface area contributed by atoms with Gasteiger partial charge in [0.2, 0.25) is 0 Å². The molecule has 0 fully saturated rings. The maximum absolute atomic E-state index is 9.90. The van der Waals surface area contributed by atoms with Crippen molar-refractivity contribution in [1.82, 2.24) is 9.55 Å². The van der Waals surface area contributed by atoms with Crippen LogP contribution in [-0.2, 0) is 6.54 Å². The third-order valence-electron chi connectivity index (χ3n) is 3.57. The molecular weight excluding hydrogens is 316 g/mol. The predicted molar refractivity (Wildman–Crippen MR) is 84.9 cm³/mol. The summed E-state index contributed by atoms with van der Waals surface area (Å²) in [4.78, 5) is 4.74. The van der Waals surface area contributed by atoms with Crippen LogP contribution in [0.3, 0.4) is 0 Å². The SMILES string of the molecule is CCn1c(-c2cccc(O)c2C)nc2cc(Br)ccc21. The van der Waals surface area contributed by atoms with Crippen LogP contribution in [0.4, 0.5) is 0 Å². The molecule has 4 heteroatoms. The Bertz CT molecular complexity index is 793. The number of halogens is 1. The van der Waals surface area contributed by atoms with Gasteiger partial charge in [0.15, 0.2) is 0 Å². The van der Waals surface area contributed by atoms with Crippen molar-refractivity contribution >= 4 is 27.0 Å². The fourth-order valence-electron chi connectivity index (χ4n) is 2.49. The molecule has 0 aliphatic heterocycles. The van der Waals surface area contributed by atoms with Gasteiger partial charge in [0, 0.05) is 22.1 Å². The molecular formula is C16H15BrN2O. The highest BCUT2D eigenvalue weighted by molar-refractivity contribution is 9.10. The molecule has 0 saturated heterocycles. The fourth-order valence-corrected chi connectivity index (χ4v) is 2.84. The molecule has 0 unspecified atom stereocenters. The van der Waals surface area contributed by atoms with Gasteiger partial charge in [-0.3, -0.25) is 0 Å². The highest BCUT2D eigenvalue weighted by atomic mass is 79.9. The first-order valence-electron chi connectivity index (χ1n) is 6.56. The zero-order valence-electron chi connectivity index (χ0n) is 11.4. The molecule has 102 valence electrons. The minimum Gasteiger partial charge on any atom is -0.508 e. The lowest BCUT2D eigenvalue weighted by Crippen LogP contribution is -1.98. The Morgan fingerprint density at radius 1 is 1.25 bits per heavy atom. The minimum atomic E-state index is 0.304. The van der Waals surface area contributed by atoms with E-state index in [0.29, 0.717) is 5.75 Å². The van der Waals surface area contributed by atoms with Gasteiger partial charge in [-0.2, -0.15) is 0 Å². The van der Waals surface area contributed by atoms with Crippen LogP contribution in [0.25, 0.3) is 22.4 Å². The molecule has 1 heterocycles. The number of hydrogen-bond donors (Lipinski definition) is 1. The molecule has 1 N–H and O–H groups in total. The standard InChI is InChI=1S/C16H15BrN2O/c1-3-19-14-8-7-11(17)9-13(14)18-16(19)12-5-4-6-15(20)10(12)2/h4-9,20H,3H2,1-2H3. The molecule has 0 aliphatic carbocycles. The van der Waals surface area contributed by atoms with E-state index < -0.39 is 0 Å². The number of phenolic OH excluding ortho intramolecular Hbond substituents is 1. The van der Waals surface area contributed by atoms with E-state index in [4.69, 9.17) is 4.98 Å². The number of nitrogens with zero attached hydrogens (tertiary/aromatic N) is 2. The number of rotatable bonds is 2. The Morgan fingerprint density at radius 3 is 2.80 bits per heavy atom. The van der Waals surface area contributed by atoms with Crippen LogP contribution in [-0.4, -0.2) is 14.7 Å². The van der Waals surface area contributed by atoms with Gasteiger partial charge in [-0.1, -0.05) is 28.1 Å². The molecule has 0 spiro atoms. The van der Waals surface area contributed by atoms with Gasteiger partial charge in [-0.05, 0) is 38.1 Å². The Balaban J connectivity index is 2.33. The van der Waals surface area contributed by atoms with Gasteiger partial charge in [0.25, 0.3) is 0 Å². The normalized spacial score (nSPS) is 11.2. The topological polar surface area (TPSA) is 38.0 Å². The first-order chi connectivity index (χ1) is 9.61. The van der Waals surface area contributed by atoms with Crippen LogP contribution in [0.15, 0.2) is 40.9 Å². The summed E-state index contributed by atoms with van der Waals surface area (Å²) in [6.45, 7) is 4.85. The third-order valence-corrected chi connectivity index (χ3v) is 4.07. The van der Waals surface area contributed by atoms with Crippen molar-refractivity contribution in [2.45, 2.75) is 20.4 Å². The maximum Gasteiger partial charge on any atom is 0.141 e. The van der Waals surface area contributed by atoms with Crippen molar-refractivity contribution in [1.29, 1.82) is 0 Å². The number of phenols is 1. The molecule has 3 nitrogen and oxygen atoms in total. The summed E-state index contributed by atoms with van der Waals surface area (Å²) in [5.74, 6) is 1.20. The summed E-state index contributed by atoms with van der Waals surface area (Å²) >= 11 is 3.48. The molecule has 0 radical (unpaired) electrons. The fraction of sp³-hybridized carbons (Fsp3) is 0.188. The van der Waals surface area contributed by atoms with Crippen molar-refractivity contribution in [3.8, 4) is 17.1 Å². The lowest BCUT2D eigenvalue weighted by atomic mass is 10.1. The molecule has 2 aromatic carbocycles. The molecule has 0 amide bonds. The first kappa shape index (κ1) is 13.2. The van der Waals surface area contributed by atoms with Crippen molar-refractivity contribution in [2.24, 2.45) is 0 Å². The second kappa shape index (κ2) is 4.94. The lowest BCUT2D eigenvalue weighted by Gasteiger charge is -2.09. The molecule has 0 atom stereocenters. The minimum absolute atomic E-state index is 0.304. The van der Waals surface area contributed by atoms with Gasteiger partial charge in [-0.15, -0.1) is 0 Å². The number of imidazole rings is 1. The Hall–Kier alpha value is -1.81. The van der Waals surface area contributed by atoms with Crippen molar-refractivity contribution in [3.63, 3.8) is 0 Å². The second-order valence-corrected chi connectivity index (χ2v) is 5.68. The van der Waals surface area contributed by atoms with E-state index >= 15 is 0 Å². The van der Waals surface area contributed by atoms with Crippen LogP contribution in [0.2, 0.25) is 0 Å². The first-order valence-corrected chi connectivity index (χ1v) is 7.36. The second-order valence-electron chi connectivity index (χ2n) is 4.76. The van der Waals surface area contributed by atoms with Gasteiger partial charge in [-0.25, -0.2) is 4.98 Å². The van der Waals surface area contributed by atoms with Crippen molar-refractivity contribution in [2.75, 3.05) is 0 Å². The Labute approximate surface area is 126 Å². The summed E-state index contributed by atoms with van der Waals surface area (Å²) in [7, 11) is 0. The van der Waals surface area contributed by atoms with Gasteiger partial charge < -0.3 is 9.67 Å². The van der Waals surface area contributed by atoms with E-state index in [0.717, 1.165) is 39.0 Å². The molecule has 3 rings (SSSR count). The molecule has 0 aliphatic rings. The van der Waals surface area contributed by atoms with E-state index in [2.05, 4.69) is 33.5 Å². The van der Waals surface area contributed by atoms with Crippen molar-refractivity contribution < 1.29 is 5.11 Å². The van der Waals surface area contributed by atoms with E-state index in [9.17, 15) is 5.11 Å². The molecule has 1 aromatic heterocycles. The molecule has 20 heavy (non-hydrogen) atoms. The van der Waals surface area contributed by atoms with Crippen molar-refractivity contribution in [3.05, 3.63) is 46.4 Å². The number of aromatic nitrogens is 2. The van der Waals surface area contributed by atoms with E-state index in [1.807, 2.05) is 31.2 Å². The van der Waals surface area contributed by atoms with E-state index in [1.54, 1.807) is 6.07 Å². The van der Waals surface area contributed by atoms with E-state index in [-0.39, 0.29) is 0 Å². The lowest BCUT2D eigenvalue weighted by molar-refractivity contribution is 0.471. The number of aromatic hydroxyl groups is 1. The van der Waals surface area contributed by atoms with Crippen LogP contribution in [0.1, 0.15) is 12.5 Å². The van der Waals surface area contributed by atoms with Crippen LogP contribution in [0.5, 0.6) is 5.75 Å². The summed E-state index contributed by atoms with van der Waals surface area (Å²) < 4.78 is 3.19. The third kappa shape index (κ3) is 2.00. The summed E-state index contributed by atoms with van der Waals surface area (Å²) in [6.07, 6.45) is 0. The van der Waals surface area contributed by atoms with E-state index in [1.165, 1.54) is 0 Å². The quantitative estimate of drug-likeness (QED) is 0.751. The largest absolute Gasteiger partial charge is 0.508 e. The maximum atomic E-state index is 9.90. The van der Waals surface area contributed by atoms with Gasteiger partial charge in [0.05, 0.1) is 11.0 Å². The highest BCUT2D eigenvalue weighted by Crippen LogP contribution is 2.31. The summed E-state index contributed by atoms with van der Waals surface area (Å²) in [6, 6.07) is 11.7.